The van der Waals surface area contributed by atoms with Crippen LogP contribution < -0.4 is 10.5 Å². The fourth-order valence-corrected chi connectivity index (χ4v) is 2.46. The fraction of sp³-hybridized carbons (Fsp3) is 0.400. The molecule has 0 bridgehead atoms. The molecular formula is C15H18N2O2. The lowest BCUT2D eigenvalue weighted by molar-refractivity contribution is 0.313. The van der Waals surface area contributed by atoms with Crippen molar-refractivity contribution in [2.45, 2.75) is 6.92 Å². The summed E-state index contributed by atoms with van der Waals surface area (Å²) in [7, 11) is 2.14. The summed E-state index contributed by atoms with van der Waals surface area (Å²) in [5.41, 5.74) is 2.21. The lowest BCUT2D eigenvalue weighted by Gasteiger charge is -2.34. The first kappa shape index (κ1) is 12.2. The molecule has 0 atom stereocenters. The Labute approximate surface area is 112 Å². The first-order valence-corrected chi connectivity index (χ1v) is 6.61. The topological polar surface area (TPSA) is 36.7 Å². The quantitative estimate of drug-likeness (QED) is 0.732. The van der Waals surface area contributed by atoms with Crippen molar-refractivity contribution in [1.82, 2.24) is 4.90 Å². The van der Waals surface area contributed by atoms with Gasteiger partial charge in [0.25, 0.3) is 0 Å². The second-order valence-electron chi connectivity index (χ2n) is 5.23. The van der Waals surface area contributed by atoms with Crippen molar-refractivity contribution in [1.29, 1.82) is 0 Å². The minimum atomic E-state index is -0.247. The third-order valence-electron chi connectivity index (χ3n) is 3.76. The van der Waals surface area contributed by atoms with E-state index < -0.39 is 0 Å². The molecule has 19 heavy (non-hydrogen) atoms. The highest BCUT2D eigenvalue weighted by Crippen LogP contribution is 2.22. The molecular weight excluding hydrogens is 240 g/mol. The molecule has 1 aromatic carbocycles. The molecule has 1 aliphatic rings. The van der Waals surface area contributed by atoms with Crippen LogP contribution in [-0.2, 0) is 0 Å². The van der Waals surface area contributed by atoms with E-state index in [0.717, 1.165) is 37.3 Å². The van der Waals surface area contributed by atoms with Crippen LogP contribution in [0.4, 0.5) is 5.69 Å². The smallest absolute Gasteiger partial charge is 0.339 e. The van der Waals surface area contributed by atoms with Gasteiger partial charge in [-0.05, 0) is 32.2 Å². The van der Waals surface area contributed by atoms with Crippen LogP contribution in [0.25, 0.3) is 11.0 Å². The average molecular weight is 258 g/mol. The first-order chi connectivity index (χ1) is 9.13. The van der Waals surface area contributed by atoms with Crippen molar-refractivity contribution >= 4 is 16.7 Å². The summed E-state index contributed by atoms with van der Waals surface area (Å²) in [5, 5.41) is 0.981. The van der Waals surface area contributed by atoms with Gasteiger partial charge in [0.05, 0.1) is 0 Å². The highest BCUT2D eigenvalue weighted by atomic mass is 16.4. The first-order valence-electron chi connectivity index (χ1n) is 6.61. The van der Waals surface area contributed by atoms with Crippen LogP contribution in [0.3, 0.4) is 0 Å². The van der Waals surface area contributed by atoms with E-state index >= 15 is 0 Å². The standard InChI is InChI=1S/C15H18N2O2/c1-11-9-12-3-4-13(10-14(12)19-15(11)18)17-7-5-16(2)6-8-17/h3-4,9-10H,5-8H2,1-2H3. The zero-order chi connectivity index (χ0) is 13.4. The molecule has 0 spiro atoms. The molecule has 4 heteroatoms. The van der Waals surface area contributed by atoms with Crippen LogP contribution in [-0.4, -0.2) is 38.1 Å². The van der Waals surface area contributed by atoms with E-state index in [0.29, 0.717) is 11.1 Å². The van der Waals surface area contributed by atoms with Crippen molar-refractivity contribution in [3.05, 3.63) is 40.2 Å². The Hall–Kier alpha value is -1.81. The SMILES string of the molecule is Cc1cc2ccc(N3CCN(C)CC3)cc2oc1=O. The summed E-state index contributed by atoms with van der Waals surface area (Å²) in [6, 6.07) is 7.99. The summed E-state index contributed by atoms with van der Waals surface area (Å²) in [5.74, 6) is 0. The highest BCUT2D eigenvalue weighted by Gasteiger charge is 2.15. The lowest BCUT2D eigenvalue weighted by Crippen LogP contribution is -2.44. The third kappa shape index (κ3) is 2.36. The van der Waals surface area contributed by atoms with Gasteiger partial charge in [-0.15, -0.1) is 0 Å². The van der Waals surface area contributed by atoms with Gasteiger partial charge in [0.15, 0.2) is 0 Å². The molecule has 0 aliphatic carbocycles. The summed E-state index contributed by atoms with van der Waals surface area (Å²) >= 11 is 0. The van der Waals surface area contributed by atoms with Crippen LogP contribution in [0.5, 0.6) is 0 Å². The van der Waals surface area contributed by atoms with E-state index in [1.165, 1.54) is 0 Å². The molecule has 1 fully saturated rings. The molecule has 2 heterocycles. The highest BCUT2D eigenvalue weighted by molar-refractivity contribution is 5.81. The lowest BCUT2D eigenvalue weighted by atomic mass is 10.1. The van der Waals surface area contributed by atoms with Gasteiger partial charge in [-0.3, -0.25) is 0 Å². The molecule has 2 aromatic rings. The van der Waals surface area contributed by atoms with Crippen molar-refractivity contribution in [2.75, 3.05) is 38.1 Å². The minimum absolute atomic E-state index is 0.247. The monoisotopic (exact) mass is 258 g/mol. The van der Waals surface area contributed by atoms with Crippen LogP contribution in [0.15, 0.2) is 33.5 Å². The Morgan fingerprint density at radius 1 is 1.11 bits per heavy atom. The van der Waals surface area contributed by atoms with E-state index in [1.807, 2.05) is 18.2 Å². The molecule has 0 amide bonds. The Morgan fingerprint density at radius 3 is 2.58 bits per heavy atom. The van der Waals surface area contributed by atoms with E-state index in [1.54, 1.807) is 6.92 Å². The Balaban J connectivity index is 1.97. The van der Waals surface area contributed by atoms with Gasteiger partial charge in [0.1, 0.15) is 5.58 Å². The summed E-state index contributed by atoms with van der Waals surface area (Å²) in [6.07, 6.45) is 0. The number of hydrogen-bond acceptors (Lipinski definition) is 4. The number of anilines is 1. The van der Waals surface area contributed by atoms with E-state index in [9.17, 15) is 4.79 Å². The van der Waals surface area contributed by atoms with Gasteiger partial charge in [0, 0.05) is 48.9 Å². The van der Waals surface area contributed by atoms with Crippen molar-refractivity contribution in [2.24, 2.45) is 0 Å². The number of rotatable bonds is 1. The largest absolute Gasteiger partial charge is 0.422 e. The molecule has 0 unspecified atom stereocenters. The van der Waals surface area contributed by atoms with Gasteiger partial charge >= 0.3 is 5.63 Å². The van der Waals surface area contributed by atoms with Crippen LogP contribution in [0, 0.1) is 6.92 Å². The van der Waals surface area contributed by atoms with E-state index in [4.69, 9.17) is 4.42 Å². The number of hydrogen-bond donors (Lipinski definition) is 0. The Bertz CT molecular complexity index is 655. The Kier molecular flexibility index (Phi) is 3.03. The number of likely N-dealkylation sites (N-methyl/N-ethyl adjacent to an activating group) is 1. The number of nitrogens with zero attached hydrogens (tertiary/aromatic N) is 2. The van der Waals surface area contributed by atoms with Gasteiger partial charge in [0.2, 0.25) is 0 Å². The zero-order valence-electron chi connectivity index (χ0n) is 11.3. The average Bonchev–Trinajstić information content (AvgIpc) is 2.40. The third-order valence-corrected chi connectivity index (χ3v) is 3.76. The molecule has 0 saturated carbocycles. The summed E-state index contributed by atoms with van der Waals surface area (Å²) in [6.45, 7) is 5.93. The predicted molar refractivity (Wildman–Crippen MR) is 76.9 cm³/mol. The van der Waals surface area contributed by atoms with E-state index in [2.05, 4.69) is 22.9 Å². The summed E-state index contributed by atoms with van der Waals surface area (Å²) < 4.78 is 5.35. The predicted octanol–water partition coefficient (Wildman–Crippen LogP) is 1.85. The number of piperazine rings is 1. The van der Waals surface area contributed by atoms with Gasteiger partial charge < -0.3 is 14.2 Å². The second kappa shape index (κ2) is 4.70. The molecule has 1 aromatic heterocycles. The maximum absolute atomic E-state index is 11.6. The normalized spacial score (nSPS) is 17.1. The van der Waals surface area contributed by atoms with Crippen LogP contribution >= 0.6 is 0 Å². The Morgan fingerprint density at radius 2 is 1.84 bits per heavy atom. The number of fused-ring (bicyclic) bond motifs is 1. The minimum Gasteiger partial charge on any atom is -0.422 e. The van der Waals surface area contributed by atoms with Crippen molar-refractivity contribution in [3.63, 3.8) is 0 Å². The van der Waals surface area contributed by atoms with E-state index in [-0.39, 0.29) is 5.63 Å². The summed E-state index contributed by atoms with van der Waals surface area (Å²) in [4.78, 5) is 16.2. The van der Waals surface area contributed by atoms with Crippen molar-refractivity contribution in [3.8, 4) is 0 Å². The van der Waals surface area contributed by atoms with Crippen LogP contribution in [0.2, 0.25) is 0 Å². The number of benzene rings is 1. The second-order valence-corrected chi connectivity index (χ2v) is 5.23. The van der Waals surface area contributed by atoms with Gasteiger partial charge in [-0.25, -0.2) is 4.79 Å². The van der Waals surface area contributed by atoms with Gasteiger partial charge in [-0.2, -0.15) is 0 Å². The fourth-order valence-electron chi connectivity index (χ4n) is 2.46. The maximum Gasteiger partial charge on any atom is 0.339 e. The molecule has 0 N–H and O–H groups in total. The molecule has 1 saturated heterocycles. The van der Waals surface area contributed by atoms with Crippen molar-refractivity contribution < 1.29 is 4.42 Å². The molecule has 100 valence electrons. The molecule has 1 aliphatic heterocycles. The maximum atomic E-state index is 11.6. The number of aryl methyl sites for hydroxylation is 1. The molecule has 4 nitrogen and oxygen atoms in total. The molecule has 3 rings (SSSR count). The molecule has 0 radical (unpaired) electrons. The van der Waals surface area contributed by atoms with Gasteiger partial charge in [-0.1, -0.05) is 0 Å². The zero-order valence-corrected chi connectivity index (χ0v) is 11.3. The van der Waals surface area contributed by atoms with Crippen LogP contribution in [0.1, 0.15) is 5.56 Å².